The predicted molar refractivity (Wildman–Crippen MR) is 88.0 cm³/mol. The van der Waals surface area contributed by atoms with Gasteiger partial charge in [-0.05, 0) is 49.6 Å². The van der Waals surface area contributed by atoms with Gasteiger partial charge in [0.15, 0.2) is 0 Å². The van der Waals surface area contributed by atoms with E-state index in [1.54, 1.807) is 6.07 Å². The molecule has 0 saturated heterocycles. The van der Waals surface area contributed by atoms with E-state index in [1.807, 2.05) is 25.1 Å². The van der Waals surface area contributed by atoms with E-state index in [1.165, 1.54) is 10.7 Å². The molecule has 2 aromatic rings. The molecule has 0 radical (unpaired) electrons. The lowest BCUT2D eigenvalue weighted by molar-refractivity contribution is -0.117. The Morgan fingerprint density at radius 3 is 2.82 bits per heavy atom. The number of rotatable bonds is 4. The van der Waals surface area contributed by atoms with E-state index < -0.39 is 0 Å². The number of benzene rings is 1. The van der Waals surface area contributed by atoms with E-state index in [2.05, 4.69) is 26.3 Å². The molecular weight excluding hydrogens is 346 g/mol. The highest BCUT2D eigenvalue weighted by Crippen LogP contribution is 2.38. The molecule has 0 unspecified atom stereocenters. The van der Waals surface area contributed by atoms with Crippen LogP contribution in [0.1, 0.15) is 30.0 Å². The number of hydrogen-bond acceptors (Lipinski definition) is 3. The lowest BCUT2D eigenvalue weighted by Crippen LogP contribution is -2.29. The van der Waals surface area contributed by atoms with Crippen molar-refractivity contribution in [2.45, 2.75) is 32.2 Å². The second-order valence-corrected chi connectivity index (χ2v) is 6.39. The SMILES string of the molecule is Cc1cc(NC(=O)Cn2nc(C3CC3)ccc2=O)ccc1Br. The van der Waals surface area contributed by atoms with Crippen LogP contribution in [0.15, 0.2) is 39.6 Å². The minimum Gasteiger partial charge on any atom is -0.324 e. The highest BCUT2D eigenvalue weighted by molar-refractivity contribution is 9.10. The summed E-state index contributed by atoms with van der Waals surface area (Å²) in [6, 6.07) is 8.80. The minimum absolute atomic E-state index is 0.0749. The van der Waals surface area contributed by atoms with Crippen molar-refractivity contribution in [1.29, 1.82) is 0 Å². The van der Waals surface area contributed by atoms with Crippen LogP contribution >= 0.6 is 15.9 Å². The molecule has 1 aliphatic rings. The van der Waals surface area contributed by atoms with Crippen LogP contribution in [-0.2, 0) is 11.3 Å². The summed E-state index contributed by atoms with van der Waals surface area (Å²) in [6.45, 7) is 1.87. The average Bonchev–Trinajstić information content (AvgIpc) is 3.30. The first-order valence-electron chi connectivity index (χ1n) is 7.17. The van der Waals surface area contributed by atoms with Gasteiger partial charge < -0.3 is 5.32 Å². The maximum absolute atomic E-state index is 12.1. The number of aryl methyl sites for hydroxylation is 1. The summed E-state index contributed by atoms with van der Waals surface area (Å²) in [5, 5.41) is 7.07. The monoisotopic (exact) mass is 361 g/mol. The van der Waals surface area contributed by atoms with Crippen molar-refractivity contribution in [3.05, 3.63) is 56.4 Å². The predicted octanol–water partition coefficient (Wildman–Crippen LogP) is 2.83. The molecule has 5 nitrogen and oxygen atoms in total. The average molecular weight is 362 g/mol. The molecule has 1 aliphatic carbocycles. The second-order valence-electron chi connectivity index (χ2n) is 5.54. The van der Waals surface area contributed by atoms with E-state index in [9.17, 15) is 9.59 Å². The number of amides is 1. The van der Waals surface area contributed by atoms with Gasteiger partial charge >= 0.3 is 0 Å². The molecule has 3 rings (SSSR count). The van der Waals surface area contributed by atoms with E-state index >= 15 is 0 Å². The summed E-state index contributed by atoms with van der Waals surface area (Å²) >= 11 is 3.42. The lowest BCUT2D eigenvalue weighted by Gasteiger charge is -2.09. The number of nitrogens with zero attached hydrogens (tertiary/aromatic N) is 2. The zero-order valence-electron chi connectivity index (χ0n) is 12.2. The molecular formula is C16H16BrN3O2. The topological polar surface area (TPSA) is 64.0 Å². The van der Waals surface area contributed by atoms with Crippen LogP contribution in [0.3, 0.4) is 0 Å². The Morgan fingerprint density at radius 1 is 1.36 bits per heavy atom. The van der Waals surface area contributed by atoms with Gasteiger partial charge in [-0.2, -0.15) is 5.10 Å². The number of aromatic nitrogens is 2. The summed E-state index contributed by atoms with van der Waals surface area (Å²) in [7, 11) is 0. The fourth-order valence-corrected chi connectivity index (χ4v) is 2.48. The Kier molecular flexibility index (Phi) is 4.11. The van der Waals surface area contributed by atoms with Crippen LogP contribution in [0.5, 0.6) is 0 Å². The Bertz CT molecular complexity index is 781. The fraction of sp³-hybridized carbons (Fsp3) is 0.312. The van der Waals surface area contributed by atoms with Crippen molar-refractivity contribution in [2.24, 2.45) is 0 Å². The molecule has 114 valence electrons. The maximum atomic E-state index is 12.1. The Labute approximate surface area is 136 Å². The number of nitrogens with one attached hydrogen (secondary N) is 1. The molecule has 1 fully saturated rings. The van der Waals surface area contributed by atoms with Crippen molar-refractivity contribution in [1.82, 2.24) is 9.78 Å². The van der Waals surface area contributed by atoms with E-state index in [0.29, 0.717) is 11.6 Å². The minimum atomic E-state index is -0.260. The third-order valence-corrected chi connectivity index (χ3v) is 4.51. The van der Waals surface area contributed by atoms with Crippen molar-refractivity contribution in [3.63, 3.8) is 0 Å². The van der Waals surface area contributed by atoms with Gasteiger partial charge in [-0.15, -0.1) is 0 Å². The molecule has 1 N–H and O–H groups in total. The van der Waals surface area contributed by atoms with Gasteiger partial charge in [-0.3, -0.25) is 9.59 Å². The smallest absolute Gasteiger partial charge is 0.267 e. The zero-order chi connectivity index (χ0) is 15.7. The zero-order valence-corrected chi connectivity index (χ0v) is 13.8. The second kappa shape index (κ2) is 6.04. The molecule has 1 aromatic heterocycles. The molecule has 22 heavy (non-hydrogen) atoms. The molecule has 0 atom stereocenters. The van der Waals surface area contributed by atoms with Crippen LogP contribution in [0, 0.1) is 6.92 Å². The first-order valence-corrected chi connectivity index (χ1v) is 7.96. The van der Waals surface area contributed by atoms with Crippen molar-refractivity contribution >= 4 is 27.5 Å². The van der Waals surface area contributed by atoms with Crippen molar-refractivity contribution < 1.29 is 4.79 Å². The molecule has 0 aliphatic heterocycles. The third kappa shape index (κ3) is 3.44. The molecule has 0 spiro atoms. The van der Waals surface area contributed by atoms with Crippen molar-refractivity contribution in [2.75, 3.05) is 5.32 Å². The quantitative estimate of drug-likeness (QED) is 0.910. The summed E-state index contributed by atoms with van der Waals surface area (Å²) in [4.78, 5) is 23.9. The molecule has 1 saturated carbocycles. The number of carbonyl (C=O) groups is 1. The van der Waals surface area contributed by atoms with Crippen LogP contribution in [0.4, 0.5) is 5.69 Å². The molecule has 1 amide bonds. The van der Waals surface area contributed by atoms with Gasteiger partial charge in [0.1, 0.15) is 6.54 Å². The first kappa shape index (κ1) is 15.0. The number of anilines is 1. The summed E-state index contributed by atoms with van der Waals surface area (Å²) in [5.41, 5.74) is 2.37. The van der Waals surface area contributed by atoms with Gasteiger partial charge in [-0.25, -0.2) is 4.68 Å². The molecule has 0 bridgehead atoms. The molecule has 1 heterocycles. The fourth-order valence-electron chi connectivity index (χ4n) is 2.23. The highest BCUT2D eigenvalue weighted by Gasteiger charge is 2.25. The Hall–Kier alpha value is -1.95. The van der Waals surface area contributed by atoms with Crippen LogP contribution in [0.25, 0.3) is 0 Å². The van der Waals surface area contributed by atoms with Crippen LogP contribution in [-0.4, -0.2) is 15.7 Å². The summed E-state index contributed by atoms with van der Waals surface area (Å²) in [6.07, 6.45) is 2.21. The van der Waals surface area contributed by atoms with E-state index in [-0.39, 0.29) is 18.0 Å². The van der Waals surface area contributed by atoms with Crippen molar-refractivity contribution in [3.8, 4) is 0 Å². The largest absolute Gasteiger partial charge is 0.324 e. The van der Waals surface area contributed by atoms with Crippen LogP contribution in [0.2, 0.25) is 0 Å². The van der Waals surface area contributed by atoms with E-state index in [0.717, 1.165) is 28.6 Å². The van der Waals surface area contributed by atoms with Gasteiger partial charge in [0.05, 0.1) is 5.69 Å². The summed E-state index contributed by atoms with van der Waals surface area (Å²) < 4.78 is 2.22. The molecule has 6 heteroatoms. The normalized spacial score (nSPS) is 13.9. The summed E-state index contributed by atoms with van der Waals surface area (Å²) in [5.74, 6) is 0.188. The van der Waals surface area contributed by atoms with Crippen LogP contribution < -0.4 is 10.9 Å². The highest BCUT2D eigenvalue weighted by atomic mass is 79.9. The Morgan fingerprint density at radius 2 is 2.14 bits per heavy atom. The maximum Gasteiger partial charge on any atom is 0.267 e. The third-order valence-electron chi connectivity index (χ3n) is 3.62. The Balaban J connectivity index is 1.72. The van der Waals surface area contributed by atoms with E-state index in [4.69, 9.17) is 0 Å². The number of carbonyl (C=O) groups excluding carboxylic acids is 1. The first-order chi connectivity index (χ1) is 10.5. The lowest BCUT2D eigenvalue weighted by atomic mass is 10.2. The van der Waals surface area contributed by atoms with Gasteiger partial charge in [0.2, 0.25) is 5.91 Å². The van der Waals surface area contributed by atoms with Gasteiger partial charge in [0, 0.05) is 22.1 Å². The number of halogens is 1. The van der Waals surface area contributed by atoms with Gasteiger partial charge in [0.25, 0.3) is 5.56 Å². The number of hydrogen-bond donors (Lipinski definition) is 1. The van der Waals surface area contributed by atoms with Gasteiger partial charge in [-0.1, -0.05) is 15.9 Å². The standard InChI is InChI=1S/C16H16BrN3O2/c1-10-8-12(4-5-13(10)17)18-15(21)9-20-16(22)7-6-14(19-20)11-2-3-11/h4-8,11H,2-3,9H2,1H3,(H,18,21). The molecule has 1 aromatic carbocycles.